The number of hydrogen-bond donors (Lipinski definition) is 3. The van der Waals surface area contributed by atoms with E-state index in [1.54, 1.807) is 12.1 Å². The standard InChI is InChI=1S/C17H22N2O4/c18-15(21)12-5-7-13(8-6-12)19-14(20)11-17(16(22)23)9-3-1-2-4-10-17/h5-8H,1-4,9-11H2,(H2,18,21)(H,19,20)(H,22,23). The topological polar surface area (TPSA) is 109 Å². The first kappa shape index (κ1) is 17.0. The van der Waals surface area contributed by atoms with E-state index in [-0.39, 0.29) is 12.3 Å². The number of aliphatic carboxylic acids is 1. The van der Waals surface area contributed by atoms with Crippen LogP contribution in [0.15, 0.2) is 24.3 Å². The summed E-state index contributed by atoms with van der Waals surface area (Å²) >= 11 is 0. The number of rotatable bonds is 5. The van der Waals surface area contributed by atoms with E-state index >= 15 is 0 Å². The molecule has 0 saturated heterocycles. The van der Waals surface area contributed by atoms with Gasteiger partial charge in [0.25, 0.3) is 0 Å². The first-order valence-electron chi connectivity index (χ1n) is 7.86. The summed E-state index contributed by atoms with van der Waals surface area (Å²) in [4.78, 5) is 35.0. The van der Waals surface area contributed by atoms with E-state index in [0.29, 0.717) is 24.1 Å². The predicted octanol–water partition coefficient (Wildman–Crippen LogP) is 2.54. The minimum Gasteiger partial charge on any atom is -0.481 e. The molecule has 1 aliphatic rings. The lowest BCUT2D eigenvalue weighted by atomic mass is 9.77. The molecule has 1 saturated carbocycles. The number of primary amides is 1. The molecule has 6 heteroatoms. The number of nitrogens with one attached hydrogen (secondary N) is 1. The van der Waals surface area contributed by atoms with Crippen LogP contribution in [-0.2, 0) is 9.59 Å². The zero-order valence-electron chi connectivity index (χ0n) is 13.0. The quantitative estimate of drug-likeness (QED) is 0.725. The van der Waals surface area contributed by atoms with E-state index in [1.165, 1.54) is 12.1 Å². The number of nitrogens with two attached hydrogens (primary N) is 1. The third-order valence-corrected chi connectivity index (χ3v) is 4.47. The summed E-state index contributed by atoms with van der Waals surface area (Å²) in [7, 11) is 0. The van der Waals surface area contributed by atoms with Gasteiger partial charge in [0.15, 0.2) is 0 Å². The minimum atomic E-state index is -0.965. The van der Waals surface area contributed by atoms with Crippen molar-refractivity contribution in [2.24, 2.45) is 11.1 Å². The van der Waals surface area contributed by atoms with Crippen molar-refractivity contribution in [1.82, 2.24) is 0 Å². The van der Waals surface area contributed by atoms with Crippen molar-refractivity contribution in [3.8, 4) is 0 Å². The Balaban J connectivity index is 2.04. The van der Waals surface area contributed by atoms with Gasteiger partial charge in [-0.2, -0.15) is 0 Å². The summed E-state index contributed by atoms with van der Waals surface area (Å²) in [5.74, 6) is -1.74. The molecule has 2 amide bonds. The van der Waals surface area contributed by atoms with E-state index in [1.807, 2.05) is 0 Å². The highest BCUT2D eigenvalue weighted by Gasteiger charge is 2.40. The fourth-order valence-corrected chi connectivity index (χ4v) is 3.10. The van der Waals surface area contributed by atoms with Crippen molar-refractivity contribution in [2.75, 3.05) is 5.32 Å². The van der Waals surface area contributed by atoms with Gasteiger partial charge in [-0.15, -0.1) is 0 Å². The lowest BCUT2D eigenvalue weighted by molar-refractivity contribution is -0.152. The molecular formula is C17H22N2O4. The van der Waals surface area contributed by atoms with Crippen molar-refractivity contribution in [1.29, 1.82) is 0 Å². The van der Waals surface area contributed by atoms with Crippen LogP contribution < -0.4 is 11.1 Å². The molecular weight excluding hydrogens is 296 g/mol. The maximum absolute atomic E-state index is 12.3. The van der Waals surface area contributed by atoms with Gasteiger partial charge in [-0.05, 0) is 37.1 Å². The first-order valence-corrected chi connectivity index (χ1v) is 7.86. The Morgan fingerprint density at radius 3 is 2.09 bits per heavy atom. The highest BCUT2D eigenvalue weighted by Crippen LogP contribution is 2.38. The average Bonchev–Trinajstić information content (AvgIpc) is 2.74. The van der Waals surface area contributed by atoms with Crippen molar-refractivity contribution < 1.29 is 19.5 Å². The molecule has 1 aromatic carbocycles. The number of anilines is 1. The molecule has 2 rings (SSSR count). The molecule has 0 aliphatic heterocycles. The second kappa shape index (κ2) is 7.26. The van der Waals surface area contributed by atoms with Gasteiger partial charge < -0.3 is 16.2 Å². The number of carbonyl (C=O) groups is 3. The fraction of sp³-hybridized carbons (Fsp3) is 0.471. The molecule has 0 spiro atoms. The molecule has 1 aromatic rings. The zero-order valence-corrected chi connectivity index (χ0v) is 13.0. The van der Waals surface area contributed by atoms with Gasteiger partial charge in [0.2, 0.25) is 11.8 Å². The number of hydrogen-bond acceptors (Lipinski definition) is 3. The van der Waals surface area contributed by atoms with Crippen LogP contribution in [0.1, 0.15) is 55.3 Å². The number of carboxylic acids is 1. The Kier molecular flexibility index (Phi) is 5.36. The molecule has 23 heavy (non-hydrogen) atoms. The lowest BCUT2D eigenvalue weighted by Crippen LogP contribution is -2.35. The summed E-state index contributed by atoms with van der Waals surface area (Å²) in [6, 6.07) is 6.21. The first-order chi connectivity index (χ1) is 10.9. The van der Waals surface area contributed by atoms with Gasteiger partial charge in [-0.25, -0.2) is 0 Å². The molecule has 0 unspecified atom stereocenters. The zero-order chi connectivity index (χ0) is 16.9. The molecule has 1 fully saturated rings. The van der Waals surface area contributed by atoms with E-state index in [0.717, 1.165) is 25.7 Å². The van der Waals surface area contributed by atoms with Gasteiger partial charge in [0, 0.05) is 17.7 Å². The maximum Gasteiger partial charge on any atom is 0.310 e. The van der Waals surface area contributed by atoms with Crippen molar-refractivity contribution in [3.05, 3.63) is 29.8 Å². The highest BCUT2D eigenvalue weighted by molar-refractivity contribution is 5.96. The second-order valence-corrected chi connectivity index (χ2v) is 6.17. The molecule has 4 N–H and O–H groups in total. The Morgan fingerprint density at radius 2 is 1.61 bits per heavy atom. The van der Waals surface area contributed by atoms with Crippen molar-refractivity contribution >= 4 is 23.5 Å². The molecule has 0 atom stereocenters. The molecule has 124 valence electrons. The van der Waals surface area contributed by atoms with Crippen LogP contribution in [-0.4, -0.2) is 22.9 Å². The van der Waals surface area contributed by atoms with E-state index < -0.39 is 17.3 Å². The van der Waals surface area contributed by atoms with Gasteiger partial charge in [-0.3, -0.25) is 14.4 Å². The average molecular weight is 318 g/mol. The van der Waals surface area contributed by atoms with Gasteiger partial charge in [-0.1, -0.05) is 25.7 Å². The van der Waals surface area contributed by atoms with Crippen LogP contribution in [0, 0.1) is 5.41 Å². The van der Waals surface area contributed by atoms with Crippen LogP contribution in [0.2, 0.25) is 0 Å². The van der Waals surface area contributed by atoms with E-state index in [9.17, 15) is 19.5 Å². The third-order valence-electron chi connectivity index (χ3n) is 4.47. The Morgan fingerprint density at radius 1 is 1.04 bits per heavy atom. The number of carboxylic acid groups (broad SMARTS) is 1. The molecule has 0 heterocycles. The monoisotopic (exact) mass is 318 g/mol. The van der Waals surface area contributed by atoms with E-state index in [4.69, 9.17) is 5.73 Å². The smallest absolute Gasteiger partial charge is 0.310 e. The number of benzene rings is 1. The molecule has 6 nitrogen and oxygen atoms in total. The van der Waals surface area contributed by atoms with Crippen LogP contribution >= 0.6 is 0 Å². The Bertz CT molecular complexity index is 587. The van der Waals surface area contributed by atoms with Crippen molar-refractivity contribution in [2.45, 2.75) is 44.9 Å². The largest absolute Gasteiger partial charge is 0.481 e. The predicted molar refractivity (Wildman–Crippen MR) is 86.0 cm³/mol. The Labute approximate surface area is 135 Å². The molecule has 0 aromatic heterocycles. The third kappa shape index (κ3) is 4.31. The maximum atomic E-state index is 12.3. The molecule has 0 bridgehead atoms. The minimum absolute atomic E-state index is 0.0279. The SMILES string of the molecule is NC(=O)c1ccc(NC(=O)CC2(C(=O)O)CCCCCC2)cc1. The van der Waals surface area contributed by atoms with E-state index in [2.05, 4.69) is 5.32 Å². The summed E-state index contributed by atoms with van der Waals surface area (Å²) in [6.45, 7) is 0. The van der Waals surface area contributed by atoms with Crippen LogP contribution in [0.5, 0.6) is 0 Å². The normalized spacial score (nSPS) is 17.0. The van der Waals surface area contributed by atoms with Gasteiger partial charge >= 0.3 is 5.97 Å². The lowest BCUT2D eigenvalue weighted by Gasteiger charge is -2.27. The molecule has 0 radical (unpaired) electrons. The number of carbonyl (C=O) groups excluding carboxylic acids is 2. The Hall–Kier alpha value is -2.37. The van der Waals surface area contributed by atoms with Crippen LogP contribution in [0.3, 0.4) is 0 Å². The van der Waals surface area contributed by atoms with Crippen LogP contribution in [0.4, 0.5) is 5.69 Å². The van der Waals surface area contributed by atoms with Gasteiger partial charge in [0.05, 0.1) is 5.41 Å². The highest BCUT2D eigenvalue weighted by atomic mass is 16.4. The summed E-state index contributed by atoms with van der Waals surface area (Å²) < 4.78 is 0. The van der Waals surface area contributed by atoms with Crippen molar-refractivity contribution in [3.63, 3.8) is 0 Å². The van der Waals surface area contributed by atoms with Gasteiger partial charge in [0.1, 0.15) is 0 Å². The van der Waals surface area contributed by atoms with Crippen LogP contribution in [0.25, 0.3) is 0 Å². The second-order valence-electron chi connectivity index (χ2n) is 6.17. The number of amides is 2. The summed E-state index contributed by atoms with van der Waals surface area (Å²) in [5, 5.41) is 12.3. The summed E-state index contributed by atoms with van der Waals surface area (Å²) in [6.07, 6.45) is 4.77. The fourth-order valence-electron chi connectivity index (χ4n) is 3.10. The molecule has 1 aliphatic carbocycles. The summed E-state index contributed by atoms with van der Waals surface area (Å²) in [5.41, 5.74) is 5.08.